The summed E-state index contributed by atoms with van der Waals surface area (Å²) in [5, 5.41) is 6.68. The van der Waals surface area contributed by atoms with Crippen LogP contribution in [0, 0.1) is 18.8 Å². The number of anilines is 1. The number of carbonyl (C=O) groups is 4. The van der Waals surface area contributed by atoms with Crippen molar-refractivity contribution in [1.82, 2.24) is 10.2 Å². The molecular formula is C25H25ClN4O4. The number of nitrogens with two attached hydrogens (primary N) is 1. The molecule has 0 saturated carbocycles. The van der Waals surface area contributed by atoms with Crippen molar-refractivity contribution >= 4 is 40.9 Å². The highest BCUT2D eigenvalue weighted by Crippen LogP contribution is 2.55. The molecule has 4 amide bonds. The Morgan fingerprint density at radius 3 is 2.53 bits per heavy atom. The molecule has 0 unspecified atom stereocenters. The fourth-order valence-electron chi connectivity index (χ4n) is 5.82. The van der Waals surface area contributed by atoms with Crippen molar-refractivity contribution in [3.05, 3.63) is 64.2 Å². The van der Waals surface area contributed by atoms with E-state index in [2.05, 4.69) is 10.6 Å². The fraction of sp³-hybridized carbons (Fsp3) is 0.360. The number of hydrogen-bond acceptors (Lipinski definition) is 5. The van der Waals surface area contributed by atoms with Gasteiger partial charge in [0.05, 0.1) is 23.6 Å². The van der Waals surface area contributed by atoms with Gasteiger partial charge in [0.15, 0.2) is 0 Å². The fourth-order valence-corrected chi connectivity index (χ4v) is 5.98. The van der Waals surface area contributed by atoms with Gasteiger partial charge in [-0.15, -0.1) is 0 Å². The molecule has 2 saturated heterocycles. The number of imide groups is 1. The molecule has 0 radical (unpaired) electrons. The third-order valence-corrected chi connectivity index (χ3v) is 7.90. The molecule has 5 atom stereocenters. The molecule has 2 aromatic carbocycles. The number of carbonyl (C=O) groups excluding carboxylic acids is 4. The summed E-state index contributed by atoms with van der Waals surface area (Å²) in [5.41, 5.74) is 6.60. The van der Waals surface area contributed by atoms with E-state index in [4.69, 9.17) is 17.3 Å². The minimum atomic E-state index is -1.43. The Kier molecular flexibility index (Phi) is 5.26. The molecule has 0 aliphatic carbocycles. The van der Waals surface area contributed by atoms with E-state index in [1.807, 2.05) is 30.3 Å². The van der Waals surface area contributed by atoms with Gasteiger partial charge in [-0.3, -0.25) is 29.4 Å². The highest BCUT2D eigenvalue weighted by Gasteiger charge is 2.70. The molecule has 176 valence electrons. The molecule has 1 spiro atoms. The van der Waals surface area contributed by atoms with Gasteiger partial charge < -0.3 is 11.1 Å². The van der Waals surface area contributed by atoms with Gasteiger partial charge in [-0.2, -0.15) is 0 Å². The van der Waals surface area contributed by atoms with Gasteiger partial charge >= 0.3 is 0 Å². The van der Waals surface area contributed by atoms with Crippen LogP contribution in [0.1, 0.15) is 42.5 Å². The molecule has 5 rings (SSSR count). The second-order valence-corrected chi connectivity index (χ2v) is 9.66. The molecule has 9 heteroatoms. The zero-order valence-electron chi connectivity index (χ0n) is 18.8. The van der Waals surface area contributed by atoms with Gasteiger partial charge in [-0.05, 0) is 37.5 Å². The van der Waals surface area contributed by atoms with Crippen LogP contribution < -0.4 is 16.4 Å². The van der Waals surface area contributed by atoms with E-state index in [9.17, 15) is 19.2 Å². The van der Waals surface area contributed by atoms with Crippen molar-refractivity contribution in [2.45, 2.75) is 44.3 Å². The predicted octanol–water partition coefficient (Wildman–Crippen LogP) is 2.40. The van der Waals surface area contributed by atoms with Gasteiger partial charge in [-0.25, -0.2) is 0 Å². The van der Waals surface area contributed by atoms with Crippen LogP contribution in [0.15, 0.2) is 42.5 Å². The van der Waals surface area contributed by atoms with Crippen molar-refractivity contribution in [3.63, 3.8) is 0 Å². The van der Waals surface area contributed by atoms with E-state index >= 15 is 0 Å². The van der Waals surface area contributed by atoms with Crippen LogP contribution in [-0.4, -0.2) is 34.6 Å². The van der Waals surface area contributed by atoms with Crippen molar-refractivity contribution in [1.29, 1.82) is 0 Å². The molecule has 3 aliphatic rings. The summed E-state index contributed by atoms with van der Waals surface area (Å²) in [6, 6.07) is 11.6. The van der Waals surface area contributed by atoms with Crippen molar-refractivity contribution < 1.29 is 19.2 Å². The highest BCUT2D eigenvalue weighted by molar-refractivity contribution is 6.32. The molecule has 34 heavy (non-hydrogen) atoms. The molecule has 4 N–H and O–H groups in total. The number of hydrogen-bond donors (Lipinski definition) is 3. The zero-order valence-corrected chi connectivity index (χ0v) is 19.6. The van der Waals surface area contributed by atoms with E-state index in [1.54, 1.807) is 26.0 Å². The van der Waals surface area contributed by atoms with Gasteiger partial charge in [0.2, 0.25) is 23.6 Å². The lowest BCUT2D eigenvalue weighted by Gasteiger charge is -2.31. The maximum atomic E-state index is 13.9. The molecule has 2 aromatic rings. The van der Waals surface area contributed by atoms with E-state index in [0.717, 1.165) is 5.56 Å². The van der Waals surface area contributed by atoms with Crippen LogP contribution in [0.4, 0.5) is 5.69 Å². The Morgan fingerprint density at radius 2 is 1.85 bits per heavy atom. The Hall–Kier alpha value is -3.23. The summed E-state index contributed by atoms with van der Waals surface area (Å²) >= 11 is 6.29. The maximum Gasteiger partial charge on any atom is 0.250 e. The first-order chi connectivity index (χ1) is 16.2. The highest BCUT2D eigenvalue weighted by atomic mass is 35.5. The number of nitrogens with one attached hydrogen (secondary N) is 2. The molecule has 3 aliphatic heterocycles. The Bertz CT molecular complexity index is 1230. The minimum absolute atomic E-state index is 0.0286. The number of primary amides is 1. The van der Waals surface area contributed by atoms with Crippen LogP contribution in [0.2, 0.25) is 5.02 Å². The molecule has 8 nitrogen and oxygen atoms in total. The summed E-state index contributed by atoms with van der Waals surface area (Å²) in [5.74, 6) is -3.42. The van der Waals surface area contributed by atoms with Gasteiger partial charge in [0, 0.05) is 23.0 Å². The Morgan fingerprint density at radius 1 is 1.15 bits per heavy atom. The van der Waals surface area contributed by atoms with E-state index < -0.39 is 47.2 Å². The lowest BCUT2D eigenvalue weighted by Crippen LogP contribution is -2.53. The third-order valence-electron chi connectivity index (χ3n) is 7.49. The first kappa shape index (κ1) is 22.6. The molecule has 2 fully saturated rings. The number of fused-ring (bicyclic) bond motifs is 4. The quantitative estimate of drug-likeness (QED) is 0.567. The van der Waals surface area contributed by atoms with Crippen LogP contribution in [-0.2, 0) is 24.7 Å². The van der Waals surface area contributed by atoms with Crippen molar-refractivity contribution in [2.75, 3.05) is 5.32 Å². The van der Waals surface area contributed by atoms with Crippen LogP contribution in [0.3, 0.4) is 0 Å². The summed E-state index contributed by atoms with van der Waals surface area (Å²) in [6.07, 6.45) is 0.265. The number of likely N-dealkylation sites (tertiary alicyclic amines) is 1. The van der Waals surface area contributed by atoms with E-state index in [1.165, 1.54) is 4.90 Å². The normalized spacial score (nSPS) is 28.3. The van der Waals surface area contributed by atoms with Crippen LogP contribution >= 0.6 is 11.6 Å². The molecular weight excluding hydrogens is 456 g/mol. The first-order valence-corrected chi connectivity index (χ1v) is 11.6. The summed E-state index contributed by atoms with van der Waals surface area (Å²) in [7, 11) is 0. The largest absolute Gasteiger partial charge is 0.370 e. The first-order valence-electron chi connectivity index (χ1n) is 11.3. The number of halogens is 1. The second kappa shape index (κ2) is 7.92. The standard InChI is InChI=1S/C25H25ClN4O4/c1-12-16(26)9-8-15-21(12)28-24(34)25(15)20-19(17(29-25)10-11-18(27)31)22(32)30(23(20)33)13(2)14-6-4-3-5-7-14/h3-9,13,17,19-20,29H,10-11H2,1-2H3,(H2,27,31)(H,28,34)/t13-,17-,19-,20-,25-/m1/s1. The average molecular weight is 481 g/mol. The van der Waals surface area contributed by atoms with Crippen molar-refractivity contribution in [3.8, 4) is 0 Å². The van der Waals surface area contributed by atoms with Crippen LogP contribution in [0.25, 0.3) is 0 Å². The average Bonchev–Trinajstić information content (AvgIpc) is 3.40. The van der Waals surface area contributed by atoms with E-state index in [-0.39, 0.29) is 18.7 Å². The Labute approximate surface area is 201 Å². The summed E-state index contributed by atoms with van der Waals surface area (Å²) in [4.78, 5) is 54.1. The van der Waals surface area contributed by atoms with Gasteiger partial charge in [0.1, 0.15) is 5.54 Å². The zero-order chi connectivity index (χ0) is 24.4. The lowest BCUT2D eigenvalue weighted by molar-refractivity contribution is -0.145. The minimum Gasteiger partial charge on any atom is -0.370 e. The number of rotatable bonds is 5. The predicted molar refractivity (Wildman–Crippen MR) is 126 cm³/mol. The molecule has 3 heterocycles. The topological polar surface area (TPSA) is 122 Å². The monoisotopic (exact) mass is 480 g/mol. The molecule has 0 aromatic heterocycles. The van der Waals surface area contributed by atoms with E-state index in [0.29, 0.717) is 21.8 Å². The molecule has 0 bridgehead atoms. The lowest BCUT2D eigenvalue weighted by atomic mass is 9.76. The smallest absolute Gasteiger partial charge is 0.250 e. The number of nitrogens with zero attached hydrogens (tertiary/aromatic N) is 1. The summed E-state index contributed by atoms with van der Waals surface area (Å²) in [6.45, 7) is 3.60. The summed E-state index contributed by atoms with van der Waals surface area (Å²) < 4.78 is 0. The maximum absolute atomic E-state index is 13.9. The van der Waals surface area contributed by atoms with Gasteiger partial charge in [0.25, 0.3) is 0 Å². The SMILES string of the molecule is Cc1c(Cl)ccc2c1NC(=O)[C@@]21N[C@H](CCC(N)=O)[C@H]2C(=O)N([C@H](C)c3ccccc3)C(=O)[C@@H]21. The van der Waals surface area contributed by atoms with Gasteiger partial charge in [-0.1, -0.05) is 48.0 Å². The number of benzene rings is 2. The van der Waals surface area contributed by atoms with Crippen molar-refractivity contribution in [2.24, 2.45) is 17.6 Å². The number of amides is 4. The van der Waals surface area contributed by atoms with Crippen LogP contribution in [0.5, 0.6) is 0 Å². The second-order valence-electron chi connectivity index (χ2n) is 9.25. The Balaban J connectivity index is 1.63. The third kappa shape index (κ3) is 3.02.